The molecule has 1 aromatic heterocycles. The van der Waals surface area contributed by atoms with E-state index in [4.69, 9.17) is 0 Å². The van der Waals surface area contributed by atoms with Gasteiger partial charge < -0.3 is 5.32 Å². The molecule has 1 heterocycles. The van der Waals surface area contributed by atoms with E-state index in [-0.39, 0.29) is 5.82 Å². The molecule has 4 heteroatoms. The number of rotatable bonds is 4. The second-order valence-corrected chi connectivity index (χ2v) is 3.53. The molecule has 2 rings (SSSR count). The van der Waals surface area contributed by atoms with E-state index >= 15 is 0 Å². The van der Waals surface area contributed by atoms with Crippen LogP contribution in [0.2, 0.25) is 0 Å². The number of benzene rings is 1. The summed E-state index contributed by atoms with van der Waals surface area (Å²) in [4.78, 5) is 4.19. The van der Waals surface area contributed by atoms with Gasteiger partial charge in [-0.1, -0.05) is 13.0 Å². The van der Waals surface area contributed by atoms with Gasteiger partial charge in [-0.25, -0.2) is 9.37 Å². The van der Waals surface area contributed by atoms with Crippen LogP contribution in [0.3, 0.4) is 0 Å². The Bertz CT molecular complexity index is 465. The third-order valence-electron chi connectivity index (χ3n) is 2.26. The molecule has 0 atom stereocenters. The fraction of sp³-hybridized carbons (Fsp3) is 0.250. The number of hydrogen-bond donors (Lipinski definition) is 1. The Kier molecular flexibility index (Phi) is 3.19. The van der Waals surface area contributed by atoms with Crippen LogP contribution in [-0.2, 0) is 0 Å². The first-order valence-corrected chi connectivity index (χ1v) is 5.34. The summed E-state index contributed by atoms with van der Waals surface area (Å²) in [7, 11) is 0. The van der Waals surface area contributed by atoms with Crippen molar-refractivity contribution in [2.24, 2.45) is 0 Å². The van der Waals surface area contributed by atoms with Crippen LogP contribution in [0.1, 0.15) is 13.3 Å². The Hall–Kier alpha value is -1.84. The lowest BCUT2D eigenvalue weighted by Crippen LogP contribution is -2.06. The van der Waals surface area contributed by atoms with E-state index < -0.39 is 0 Å². The first-order chi connectivity index (χ1) is 7.81. The Morgan fingerprint density at radius 1 is 1.44 bits per heavy atom. The maximum Gasteiger partial charge on any atom is 0.207 e. The Morgan fingerprint density at radius 3 is 3.06 bits per heavy atom. The lowest BCUT2D eigenvalue weighted by atomic mass is 10.3. The molecular formula is C12H14FN3. The first kappa shape index (κ1) is 10.7. The maximum absolute atomic E-state index is 13.1. The van der Waals surface area contributed by atoms with Gasteiger partial charge in [-0.3, -0.25) is 4.57 Å². The highest BCUT2D eigenvalue weighted by atomic mass is 19.1. The van der Waals surface area contributed by atoms with Crippen LogP contribution in [0, 0.1) is 5.82 Å². The van der Waals surface area contributed by atoms with Gasteiger partial charge in [0.15, 0.2) is 0 Å². The van der Waals surface area contributed by atoms with Gasteiger partial charge in [-0.2, -0.15) is 0 Å². The Balaban J connectivity index is 2.29. The number of nitrogens with zero attached hydrogens (tertiary/aromatic N) is 2. The molecule has 0 saturated heterocycles. The zero-order valence-electron chi connectivity index (χ0n) is 9.15. The van der Waals surface area contributed by atoms with E-state index in [2.05, 4.69) is 17.2 Å². The molecule has 0 aliphatic rings. The third-order valence-corrected chi connectivity index (χ3v) is 2.26. The molecule has 0 unspecified atom stereocenters. The highest BCUT2D eigenvalue weighted by molar-refractivity contribution is 5.41. The summed E-state index contributed by atoms with van der Waals surface area (Å²) < 4.78 is 14.9. The average Bonchev–Trinajstić information content (AvgIpc) is 2.74. The molecule has 0 fully saturated rings. The monoisotopic (exact) mass is 219 g/mol. The van der Waals surface area contributed by atoms with Crippen molar-refractivity contribution in [1.29, 1.82) is 0 Å². The van der Waals surface area contributed by atoms with E-state index in [1.165, 1.54) is 12.1 Å². The second-order valence-electron chi connectivity index (χ2n) is 3.53. The molecule has 0 bridgehead atoms. The van der Waals surface area contributed by atoms with Crippen LogP contribution >= 0.6 is 0 Å². The molecular weight excluding hydrogens is 205 g/mol. The van der Waals surface area contributed by atoms with Crippen molar-refractivity contribution >= 4 is 5.95 Å². The quantitative estimate of drug-likeness (QED) is 0.856. The van der Waals surface area contributed by atoms with E-state index in [0.717, 1.165) is 24.6 Å². The van der Waals surface area contributed by atoms with Gasteiger partial charge in [-0.15, -0.1) is 0 Å². The highest BCUT2D eigenvalue weighted by Crippen LogP contribution is 2.15. The predicted octanol–water partition coefficient (Wildman–Crippen LogP) is 2.83. The summed E-state index contributed by atoms with van der Waals surface area (Å²) in [5, 5.41) is 3.19. The molecule has 16 heavy (non-hydrogen) atoms. The van der Waals surface area contributed by atoms with Crippen LogP contribution in [-0.4, -0.2) is 16.1 Å². The number of anilines is 1. The Labute approximate surface area is 93.9 Å². The van der Waals surface area contributed by atoms with E-state index in [9.17, 15) is 4.39 Å². The lowest BCUT2D eigenvalue weighted by molar-refractivity contribution is 0.626. The van der Waals surface area contributed by atoms with Crippen molar-refractivity contribution in [2.45, 2.75) is 13.3 Å². The highest BCUT2D eigenvalue weighted by Gasteiger charge is 2.04. The van der Waals surface area contributed by atoms with Gasteiger partial charge >= 0.3 is 0 Å². The molecule has 0 amide bonds. The zero-order chi connectivity index (χ0) is 11.4. The Morgan fingerprint density at radius 2 is 2.31 bits per heavy atom. The summed E-state index contributed by atoms with van der Waals surface area (Å²) in [6, 6.07) is 6.45. The molecule has 0 saturated carbocycles. The number of hydrogen-bond acceptors (Lipinski definition) is 2. The summed E-state index contributed by atoms with van der Waals surface area (Å²) in [5.41, 5.74) is 0.774. The number of halogens is 1. The SMILES string of the molecule is CCCNc1nccn1-c1cccc(F)c1. The van der Waals surface area contributed by atoms with Crippen molar-refractivity contribution in [2.75, 3.05) is 11.9 Å². The zero-order valence-corrected chi connectivity index (χ0v) is 9.15. The average molecular weight is 219 g/mol. The van der Waals surface area contributed by atoms with Crippen molar-refractivity contribution in [1.82, 2.24) is 9.55 Å². The fourth-order valence-corrected chi connectivity index (χ4v) is 1.51. The van der Waals surface area contributed by atoms with Gasteiger partial charge in [0.25, 0.3) is 0 Å². The lowest BCUT2D eigenvalue weighted by Gasteiger charge is -2.08. The second kappa shape index (κ2) is 4.79. The van der Waals surface area contributed by atoms with Crippen molar-refractivity contribution in [3.63, 3.8) is 0 Å². The predicted molar refractivity (Wildman–Crippen MR) is 62.3 cm³/mol. The summed E-state index contributed by atoms with van der Waals surface area (Å²) >= 11 is 0. The maximum atomic E-state index is 13.1. The first-order valence-electron chi connectivity index (χ1n) is 5.34. The minimum Gasteiger partial charge on any atom is -0.355 e. The molecule has 0 aliphatic heterocycles. The van der Waals surface area contributed by atoms with Gasteiger partial charge in [0.1, 0.15) is 5.82 Å². The fourth-order valence-electron chi connectivity index (χ4n) is 1.51. The van der Waals surface area contributed by atoms with E-state index in [0.29, 0.717) is 0 Å². The topological polar surface area (TPSA) is 29.9 Å². The van der Waals surface area contributed by atoms with Gasteiger partial charge in [0, 0.05) is 18.9 Å². The van der Waals surface area contributed by atoms with Crippen LogP contribution in [0.5, 0.6) is 0 Å². The molecule has 1 aromatic carbocycles. The third kappa shape index (κ3) is 2.21. The largest absolute Gasteiger partial charge is 0.355 e. The van der Waals surface area contributed by atoms with Crippen LogP contribution in [0.15, 0.2) is 36.7 Å². The standard InChI is InChI=1S/C12H14FN3/c1-2-6-14-12-15-7-8-16(12)11-5-3-4-10(13)9-11/h3-5,7-9H,2,6H2,1H3,(H,14,15). The molecule has 1 N–H and O–H groups in total. The van der Waals surface area contributed by atoms with Gasteiger partial charge in [0.2, 0.25) is 5.95 Å². The summed E-state index contributed by atoms with van der Waals surface area (Å²) in [6.07, 6.45) is 4.53. The normalized spacial score (nSPS) is 10.4. The molecule has 3 nitrogen and oxygen atoms in total. The number of imidazole rings is 1. The minimum absolute atomic E-state index is 0.243. The number of nitrogens with one attached hydrogen (secondary N) is 1. The molecule has 84 valence electrons. The van der Waals surface area contributed by atoms with Crippen molar-refractivity contribution in [3.05, 3.63) is 42.5 Å². The summed E-state index contributed by atoms with van der Waals surface area (Å²) in [5.74, 6) is 0.500. The molecule has 0 aliphatic carbocycles. The number of aromatic nitrogens is 2. The van der Waals surface area contributed by atoms with Crippen LogP contribution in [0.4, 0.5) is 10.3 Å². The molecule has 2 aromatic rings. The van der Waals surface area contributed by atoms with Crippen LogP contribution < -0.4 is 5.32 Å². The van der Waals surface area contributed by atoms with E-state index in [1.54, 1.807) is 12.3 Å². The van der Waals surface area contributed by atoms with E-state index in [1.807, 2.05) is 16.8 Å². The minimum atomic E-state index is -0.243. The van der Waals surface area contributed by atoms with Crippen molar-refractivity contribution < 1.29 is 4.39 Å². The van der Waals surface area contributed by atoms with Crippen molar-refractivity contribution in [3.8, 4) is 5.69 Å². The molecule has 0 spiro atoms. The smallest absolute Gasteiger partial charge is 0.207 e. The summed E-state index contributed by atoms with van der Waals surface area (Å²) in [6.45, 7) is 2.94. The molecule has 0 radical (unpaired) electrons. The van der Waals surface area contributed by atoms with Gasteiger partial charge in [0.05, 0.1) is 5.69 Å². The van der Waals surface area contributed by atoms with Crippen LogP contribution in [0.25, 0.3) is 5.69 Å². The van der Waals surface area contributed by atoms with Gasteiger partial charge in [-0.05, 0) is 24.6 Å².